The van der Waals surface area contributed by atoms with Crippen LogP contribution in [0, 0.1) is 6.92 Å². The Morgan fingerprint density at radius 3 is 2.68 bits per heavy atom. The third-order valence-electron chi connectivity index (χ3n) is 5.27. The monoisotopic (exact) mass is 439 g/mol. The molecule has 1 amide bonds. The molecule has 0 spiro atoms. The van der Waals surface area contributed by atoms with Crippen LogP contribution >= 0.6 is 0 Å². The second-order valence-corrected chi connectivity index (χ2v) is 9.43. The number of benzene rings is 1. The van der Waals surface area contributed by atoms with Gasteiger partial charge in [0.15, 0.2) is 0 Å². The molecule has 9 nitrogen and oxygen atoms in total. The maximum absolute atomic E-state index is 12.7. The molecule has 0 unspecified atom stereocenters. The number of carbonyl (C=O) groups is 2. The smallest absolute Gasteiger partial charge is 0.338 e. The highest BCUT2D eigenvalue weighted by Crippen LogP contribution is 2.39. The summed E-state index contributed by atoms with van der Waals surface area (Å²) in [5.41, 5.74) is 1.35. The summed E-state index contributed by atoms with van der Waals surface area (Å²) in [6.07, 6.45) is 2.95. The van der Waals surface area contributed by atoms with E-state index in [0.29, 0.717) is 18.5 Å². The highest BCUT2D eigenvalue weighted by atomic mass is 32.2. The number of hydrogen-bond donors (Lipinski definition) is 0. The number of pyridine rings is 1. The van der Waals surface area contributed by atoms with Crippen LogP contribution < -0.4 is 5.56 Å². The molecule has 31 heavy (non-hydrogen) atoms. The first-order valence-corrected chi connectivity index (χ1v) is 11.1. The van der Waals surface area contributed by atoms with Crippen LogP contribution in [0.2, 0.25) is 0 Å². The summed E-state index contributed by atoms with van der Waals surface area (Å²) in [6, 6.07) is 8.33. The van der Waals surface area contributed by atoms with Crippen molar-refractivity contribution in [3.05, 3.63) is 75.3 Å². The lowest BCUT2D eigenvalue weighted by Crippen LogP contribution is -2.31. The Labute approximate surface area is 176 Å². The molecule has 1 aliphatic carbocycles. The molecular weight excluding hydrogens is 422 g/mol. The number of nitrogens with zero attached hydrogens (tertiary/aromatic N) is 3. The first-order chi connectivity index (χ1) is 14.8. The first kappa shape index (κ1) is 19.4. The average Bonchev–Trinajstić information content (AvgIpc) is 3.54. The molecule has 1 saturated carbocycles. The Balaban J connectivity index is 1.38. The SMILES string of the molecule is Cc1ccc2nc(COC(=O)c3ccc4c(c3)S(=O)(=O)N(C3CC3)C4=O)cc(=O)n2c1. The van der Waals surface area contributed by atoms with Gasteiger partial charge in [-0.05, 0) is 49.6 Å². The quantitative estimate of drug-likeness (QED) is 0.568. The molecule has 1 fully saturated rings. The van der Waals surface area contributed by atoms with Crippen molar-refractivity contribution < 1.29 is 22.7 Å². The van der Waals surface area contributed by atoms with Crippen molar-refractivity contribution in [2.24, 2.45) is 0 Å². The highest BCUT2D eigenvalue weighted by Gasteiger charge is 2.48. The van der Waals surface area contributed by atoms with E-state index in [2.05, 4.69) is 4.98 Å². The summed E-state index contributed by atoms with van der Waals surface area (Å²) in [7, 11) is -3.97. The van der Waals surface area contributed by atoms with E-state index in [1.54, 1.807) is 12.3 Å². The molecule has 2 aromatic heterocycles. The standard InChI is InChI=1S/C21H17N3O6S/c1-12-2-7-18-22-14(9-19(25)23(18)10-12)11-30-21(27)13-3-6-16-17(8-13)31(28,29)24(20(16)26)15-4-5-15/h2-3,6-10,15H,4-5,11H2,1H3. The summed E-state index contributed by atoms with van der Waals surface area (Å²) in [6.45, 7) is 1.60. The van der Waals surface area contributed by atoms with Crippen LogP contribution in [-0.2, 0) is 21.4 Å². The normalized spacial score (nSPS) is 17.1. The average molecular weight is 439 g/mol. The summed E-state index contributed by atoms with van der Waals surface area (Å²) >= 11 is 0. The molecule has 0 atom stereocenters. The molecule has 5 rings (SSSR count). The number of amides is 1. The number of fused-ring (bicyclic) bond motifs is 2. The molecule has 3 heterocycles. The Kier molecular flexibility index (Phi) is 4.23. The van der Waals surface area contributed by atoms with E-state index in [1.165, 1.54) is 28.7 Å². The van der Waals surface area contributed by atoms with Crippen LogP contribution in [-0.4, -0.2) is 40.0 Å². The zero-order chi connectivity index (χ0) is 21.9. The van der Waals surface area contributed by atoms with Crippen molar-refractivity contribution in [2.75, 3.05) is 0 Å². The second kappa shape index (κ2) is 6.74. The fraction of sp³-hybridized carbons (Fsp3) is 0.238. The van der Waals surface area contributed by atoms with Gasteiger partial charge in [0, 0.05) is 18.3 Å². The second-order valence-electron chi connectivity index (χ2n) is 7.64. The molecular formula is C21H17N3O6S. The van der Waals surface area contributed by atoms with Crippen molar-refractivity contribution in [3.63, 3.8) is 0 Å². The van der Waals surface area contributed by atoms with Crippen LogP contribution in [0.1, 0.15) is 44.8 Å². The summed E-state index contributed by atoms with van der Waals surface area (Å²) < 4.78 is 33.0. The number of hydrogen-bond acceptors (Lipinski definition) is 7. The molecule has 0 N–H and O–H groups in total. The number of aryl methyl sites for hydroxylation is 1. The fourth-order valence-electron chi connectivity index (χ4n) is 3.60. The van der Waals surface area contributed by atoms with E-state index < -0.39 is 21.9 Å². The Bertz CT molecular complexity index is 1440. The molecule has 0 radical (unpaired) electrons. The molecule has 10 heteroatoms. The number of aromatic nitrogens is 2. The lowest BCUT2D eigenvalue weighted by atomic mass is 10.1. The van der Waals surface area contributed by atoms with Gasteiger partial charge in [0.1, 0.15) is 17.1 Å². The van der Waals surface area contributed by atoms with Crippen LogP contribution in [0.15, 0.2) is 52.3 Å². The van der Waals surface area contributed by atoms with E-state index >= 15 is 0 Å². The maximum atomic E-state index is 12.7. The van der Waals surface area contributed by atoms with Gasteiger partial charge < -0.3 is 4.74 Å². The highest BCUT2D eigenvalue weighted by molar-refractivity contribution is 7.90. The van der Waals surface area contributed by atoms with Gasteiger partial charge in [-0.15, -0.1) is 0 Å². The van der Waals surface area contributed by atoms with Gasteiger partial charge in [-0.25, -0.2) is 22.5 Å². The van der Waals surface area contributed by atoms with E-state index in [0.717, 1.165) is 9.87 Å². The van der Waals surface area contributed by atoms with Gasteiger partial charge in [0.2, 0.25) is 0 Å². The van der Waals surface area contributed by atoms with Gasteiger partial charge >= 0.3 is 5.97 Å². The van der Waals surface area contributed by atoms with Gasteiger partial charge in [-0.3, -0.25) is 14.0 Å². The lowest BCUT2D eigenvalue weighted by Gasteiger charge is -2.13. The minimum Gasteiger partial charge on any atom is -0.456 e. The van der Waals surface area contributed by atoms with Gasteiger partial charge in [0.25, 0.3) is 21.5 Å². The van der Waals surface area contributed by atoms with Gasteiger partial charge in [-0.2, -0.15) is 0 Å². The molecule has 0 saturated heterocycles. The Morgan fingerprint density at radius 2 is 1.94 bits per heavy atom. The largest absolute Gasteiger partial charge is 0.456 e. The van der Waals surface area contributed by atoms with E-state index in [4.69, 9.17) is 4.74 Å². The lowest BCUT2D eigenvalue weighted by molar-refractivity contribution is 0.0467. The number of ether oxygens (including phenoxy) is 1. The molecule has 158 valence electrons. The Morgan fingerprint density at radius 1 is 1.16 bits per heavy atom. The van der Waals surface area contributed by atoms with Crippen molar-refractivity contribution in [1.82, 2.24) is 13.7 Å². The van der Waals surface area contributed by atoms with Gasteiger partial charge in [-0.1, -0.05) is 6.07 Å². The molecule has 1 aromatic carbocycles. The van der Waals surface area contributed by atoms with Crippen LogP contribution in [0.3, 0.4) is 0 Å². The van der Waals surface area contributed by atoms with E-state index in [9.17, 15) is 22.8 Å². The summed E-state index contributed by atoms with van der Waals surface area (Å²) in [4.78, 5) is 41.3. The molecule has 3 aromatic rings. The van der Waals surface area contributed by atoms with Crippen molar-refractivity contribution in [2.45, 2.75) is 37.3 Å². The van der Waals surface area contributed by atoms with Crippen molar-refractivity contribution in [1.29, 1.82) is 0 Å². The van der Waals surface area contributed by atoms with E-state index in [1.807, 2.05) is 13.0 Å². The predicted molar refractivity (Wildman–Crippen MR) is 108 cm³/mol. The number of carbonyl (C=O) groups excluding carboxylic acids is 2. The minimum absolute atomic E-state index is 0.000841. The summed E-state index contributed by atoms with van der Waals surface area (Å²) in [5, 5.41) is 0. The van der Waals surface area contributed by atoms with Gasteiger partial charge in [0.05, 0.1) is 16.8 Å². The van der Waals surface area contributed by atoms with Crippen molar-refractivity contribution >= 4 is 27.5 Å². The first-order valence-electron chi connectivity index (χ1n) is 9.64. The molecule has 1 aliphatic heterocycles. The summed E-state index contributed by atoms with van der Waals surface area (Å²) in [5.74, 6) is -1.34. The zero-order valence-electron chi connectivity index (χ0n) is 16.4. The zero-order valence-corrected chi connectivity index (χ0v) is 17.3. The molecule has 0 bridgehead atoms. The topological polar surface area (TPSA) is 115 Å². The third-order valence-corrected chi connectivity index (χ3v) is 7.15. The minimum atomic E-state index is -3.97. The third kappa shape index (κ3) is 3.19. The van der Waals surface area contributed by atoms with Crippen LogP contribution in [0.5, 0.6) is 0 Å². The Hall–Kier alpha value is -3.53. The fourth-order valence-corrected chi connectivity index (χ4v) is 5.44. The van der Waals surface area contributed by atoms with Crippen molar-refractivity contribution in [3.8, 4) is 0 Å². The van der Waals surface area contributed by atoms with Crippen LogP contribution in [0.4, 0.5) is 0 Å². The maximum Gasteiger partial charge on any atom is 0.338 e. The number of esters is 1. The van der Waals surface area contributed by atoms with E-state index in [-0.39, 0.29) is 39.9 Å². The number of rotatable bonds is 4. The number of sulfonamides is 1. The molecule has 2 aliphatic rings. The van der Waals surface area contributed by atoms with Crippen LogP contribution in [0.25, 0.3) is 5.65 Å². The predicted octanol–water partition coefficient (Wildman–Crippen LogP) is 1.67.